The number of methoxy groups -OCH3 is 1. The maximum Gasteiger partial charge on any atom is 0.409 e. The van der Waals surface area contributed by atoms with E-state index in [1.54, 1.807) is 23.1 Å². The predicted molar refractivity (Wildman–Crippen MR) is 90.9 cm³/mol. The molecule has 3 rings (SSSR count). The first kappa shape index (κ1) is 17.8. The maximum atomic E-state index is 12.0. The van der Waals surface area contributed by atoms with Crippen LogP contribution in [0.4, 0.5) is 10.5 Å². The quantitative estimate of drug-likeness (QED) is 0.775. The van der Waals surface area contributed by atoms with E-state index in [4.69, 9.17) is 9.47 Å². The lowest BCUT2D eigenvalue weighted by atomic mass is 9.97. The molecule has 0 radical (unpaired) electrons. The molecule has 0 unspecified atom stereocenters. The first-order valence-electron chi connectivity index (χ1n) is 8.38. The zero-order chi connectivity index (χ0) is 18.5. The third kappa shape index (κ3) is 4.16. The Bertz CT molecular complexity index is 700. The Kier molecular flexibility index (Phi) is 5.45. The van der Waals surface area contributed by atoms with Crippen molar-refractivity contribution in [3.05, 3.63) is 18.2 Å². The number of hydrogen-bond acceptors (Lipinski definition) is 6. The van der Waals surface area contributed by atoms with Crippen molar-refractivity contribution in [2.24, 2.45) is 5.92 Å². The first-order valence-corrected chi connectivity index (χ1v) is 8.38. The molecule has 2 heterocycles. The number of benzene rings is 1. The topological polar surface area (TPSA) is 106 Å². The number of nitrogens with zero attached hydrogens (tertiary/aromatic N) is 1. The summed E-state index contributed by atoms with van der Waals surface area (Å²) in [5.74, 6) is -0.0848. The van der Waals surface area contributed by atoms with Crippen LogP contribution < -0.4 is 20.1 Å². The third-order valence-electron chi connectivity index (χ3n) is 4.44. The van der Waals surface area contributed by atoms with E-state index in [9.17, 15) is 14.4 Å². The minimum atomic E-state index is -0.740. The summed E-state index contributed by atoms with van der Waals surface area (Å²) < 4.78 is 15.1. The van der Waals surface area contributed by atoms with Crippen molar-refractivity contribution in [1.29, 1.82) is 0 Å². The van der Waals surface area contributed by atoms with Gasteiger partial charge in [-0.2, -0.15) is 0 Å². The molecule has 9 nitrogen and oxygen atoms in total. The number of hydrogen-bond donors (Lipinski definition) is 2. The number of carbonyl (C=O) groups excluding carboxylic acids is 3. The molecule has 0 saturated carbocycles. The van der Waals surface area contributed by atoms with E-state index in [1.165, 1.54) is 7.11 Å². The first-order chi connectivity index (χ1) is 12.6. The summed E-state index contributed by atoms with van der Waals surface area (Å²) in [5, 5.41) is 5.17. The molecular weight excluding hydrogens is 342 g/mol. The second kappa shape index (κ2) is 7.94. The normalized spacial score (nSPS) is 16.1. The molecule has 140 valence electrons. The molecule has 0 aliphatic carbocycles. The van der Waals surface area contributed by atoms with Gasteiger partial charge in [0.05, 0.1) is 7.11 Å². The standard InChI is InChI=1S/C17H21N3O6/c1-24-17(23)20-6-4-11(5-7-20)9-18-15(21)16(22)19-12-2-3-13-14(8-12)26-10-25-13/h2-3,8,11H,4-7,9-10H2,1H3,(H,18,21)(H,19,22). The number of likely N-dealkylation sites (tertiary alicyclic amines) is 1. The molecule has 0 aromatic heterocycles. The molecule has 1 saturated heterocycles. The third-order valence-corrected chi connectivity index (χ3v) is 4.44. The fourth-order valence-electron chi connectivity index (χ4n) is 2.93. The van der Waals surface area contributed by atoms with Gasteiger partial charge >= 0.3 is 17.9 Å². The zero-order valence-corrected chi connectivity index (χ0v) is 14.4. The molecule has 0 spiro atoms. The number of piperidine rings is 1. The average Bonchev–Trinajstić information content (AvgIpc) is 3.13. The molecule has 0 atom stereocenters. The number of amides is 3. The van der Waals surface area contributed by atoms with Crippen molar-refractivity contribution in [1.82, 2.24) is 10.2 Å². The van der Waals surface area contributed by atoms with Gasteiger partial charge < -0.3 is 29.7 Å². The van der Waals surface area contributed by atoms with E-state index in [1.807, 2.05) is 0 Å². The number of fused-ring (bicyclic) bond motifs is 1. The summed E-state index contributed by atoms with van der Waals surface area (Å²) in [7, 11) is 1.35. The Morgan fingerprint density at radius 1 is 1.15 bits per heavy atom. The summed E-state index contributed by atoms with van der Waals surface area (Å²) in [6.45, 7) is 1.69. The van der Waals surface area contributed by atoms with Crippen LogP contribution in [0.15, 0.2) is 18.2 Å². The van der Waals surface area contributed by atoms with Crippen LogP contribution in [0.1, 0.15) is 12.8 Å². The second-order valence-corrected chi connectivity index (χ2v) is 6.13. The van der Waals surface area contributed by atoms with E-state index < -0.39 is 11.8 Å². The SMILES string of the molecule is COC(=O)N1CCC(CNC(=O)C(=O)Nc2ccc3c(c2)OCO3)CC1. The molecule has 2 N–H and O–H groups in total. The summed E-state index contributed by atoms with van der Waals surface area (Å²) in [5.41, 5.74) is 0.459. The highest BCUT2D eigenvalue weighted by Crippen LogP contribution is 2.34. The van der Waals surface area contributed by atoms with Crippen LogP contribution in [0.3, 0.4) is 0 Å². The van der Waals surface area contributed by atoms with Crippen LogP contribution in [0.5, 0.6) is 11.5 Å². The lowest BCUT2D eigenvalue weighted by molar-refractivity contribution is -0.136. The van der Waals surface area contributed by atoms with E-state index >= 15 is 0 Å². The van der Waals surface area contributed by atoms with Gasteiger partial charge in [0.15, 0.2) is 11.5 Å². The van der Waals surface area contributed by atoms with Gasteiger partial charge in [-0.25, -0.2) is 4.79 Å². The Morgan fingerprint density at radius 3 is 2.62 bits per heavy atom. The van der Waals surface area contributed by atoms with Crippen LogP contribution in [0.25, 0.3) is 0 Å². The highest BCUT2D eigenvalue weighted by atomic mass is 16.7. The lowest BCUT2D eigenvalue weighted by Gasteiger charge is -2.30. The molecule has 0 bridgehead atoms. The molecule has 1 fully saturated rings. The van der Waals surface area contributed by atoms with Crippen molar-refractivity contribution < 1.29 is 28.6 Å². The molecule has 9 heteroatoms. The summed E-state index contributed by atoms with van der Waals surface area (Å²) in [6.07, 6.45) is 1.16. The second-order valence-electron chi connectivity index (χ2n) is 6.13. The zero-order valence-electron chi connectivity index (χ0n) is 14.4. The van der Waals surface area contributed by atoms with Crippen molar-refractivity contribution in [3.63, 3.8) is 0 Å². The average molecular weight is 363 g/mol. The van der Waals surface area contributed by atoms with E-state index in [2.05, 4.69) is 15.4 Å². The van der Waals surface area contributed by atoms with Gasteiger partial charge in [0, 0.05) is 31.4 Å². The molecule has 3 amide bonds. The Hall–Kier alpha value is -2.97. The van der Waals surface area contributed by atoms with Gasteiger partial charge in [0.25, 0.3) is 0 Å². The van der Waals surface area contributed by atoms with Crippen LogP contribution in [0.2, 0.25) is 0 Å². The summed E-state index contributed by atoms with van der Waals surface area (Å²) >= 11 is 0. The Morgan fingerprint density at radius 2 is 1.88 bits per heavy atom. The van der Waals surface area contributed by atoms with E-state index in [0.717, 1.165) is 12.8 Å². The van der Waals surface area contributed by atoms with Gasteiger partial charge in [-0.05, 0) is 30.9 Å². The number of anilines is 1. The van der Waals surface area contributed by atoms with Crippen molar-refractivity contribution in [3.8, 4) is 11.5 Å². The number of carbonyl (C=O) groups is 3. The highest BCUT2D eigenvalue weighted by molar-refractivity contribution is 6.39. The van der Waals surface area contributed by atoms with Crippen molar-refractivity contribution in [2.45, 2.75) is 12.8 Å². The van der Waals surface area contributed by atoms with Gasteiger partial charge in [-0.15, -0.1) is 0 Å². The van der Waals surface area contributed by atoms with Gasteiger partial charge in [0.2, 0.25) is 6.79 Å². The smallest absolute Gasteiger partial charge is 0.409 e. The number of nitrogens with one attached hydrogen (secondary N) is 2. The lowest BCUT2D eigenvalue weighted by Crippen LogP contribution is -2.43. The van der Waals surface area contributed by atoms with Gasteiger partial charge in [0.1, 0.15) is 0 Å². The highest BCUT2D eigenvalue weighted by Gasteiger charge is 2.24. The van der Waals surface area contributed by atoms with Crippen LogP contribution in [0, 0.1) is 5.92 Å². The van der Waals surface area contributed by atoms with Gasteiger partial charge in [-0.1, -0.05) is 0 Å². The van der Waals surface area contributed by atoms with Gasteiger partial charge in [-0.3, -0.25) is 9.59 Å². The minimum Gasteiger partial charge on any atom is -0.454 e. The molecular formula is C17H21N3O6. The van der Waals surface area contributed by atoms with Crippen LogP contribution in [-0.4, -0.2) is 56.3 Å². The van der Waals surface area contributed by atoms with Crippen LogP contribution >= 0.6 is 0 Å². The predicted octanol–water partition coefficient (Wildman–Crippen LogP) is 0.948. The summed E-state index contributed by atoms with van der Waals surface area (Å²) in [6, 6.07) is 4.92. The van der Waals surface area contributed by atoms with E-state index in [-0.39, 0.29) is 18.8 Å². The fraction of sp³-hybridized carbons (Fsp3) is 0.471. The fourth-order valence-corrected chi connectivity index (χ4v) is 2.93. The van der Waals surface area contributed by atoms with Crippen LogP contribution in [-0.2, 0) is 14.3 Å². The van der Waals surface area contributed by atoms with E-state index in [0.29, 0.717) is 36.8 Å². The molecule has 2 aliphatic rings. The maximum absolute atomic E-state index is 12.0. The minimum absolute atomic E-state index is 0.141. The Balaban J connectivity index is 1.42. The van der Waals surface area contributed by atoms with Crippen molar-refractivity contribution in [2.75, 3.05) is 38.9 Å². The molecule has 1 aromatic rings. The molecule has 1 aromatic carbocycles. The summed E-state index contributed by atoms with van der Waals surface area (Å²) in [4.78, 5) is 37.0. The number of ether oxygens (including phenoxy) is 3. The number of rotatable bonds is 3. The molecule has 26 heavy (non-hydrogen) atoms. The van der Waals surface area contributed by atoms with Crippen molar-refractivity contribution >= 4 is 23.6 Å². The Labute approximate surface area is 150 Å². The monoisotopic (exact) mass is 363 g/mol. The molecule has 2 aliphatic heterocycles. The largest absolute Gasteiger partial charge is 0.454 e.